The van der Waals surface area contributed by atoms with Crippen molar-refractivity contribution >= 4 is 17.2 Å². The molecular weight excluding hydrogens is 378 g/mol. The maximum Gasteiger partial charge on any atom is 0.258 e. The molecule has 0 aliphatic heterocycles. The highest BCUT2D eigenvalue weighted by atomic mass is 16.5. The van der Waals surface area contributed by atoms with Crippen LogP contribution in [0.25, 0.3) is 5.65 Å². The maximum absolute atomic E-state index is 12.3. The molecule has 0 radical (unpaired) electrons. The Bertz CT molecular complexity index is 1260. The van der Waals surface area contributed by atoms with Gasteiger partial charge in [0.15, 0.2) is 0 Å². The first kappa shape index (κ1) is 19.4. The molecular formula is C24H21N3O3. The molecule has 0 aliphatic rings. The van der Waals surface area contributed by atoms with Crippen LogP contribution in [0.3, 0.4) is 0 Å². The fourth-order valence-electron chi connectivity index (χ4n) is 3.08. The second kappa shape index (κ2) is 8.21. The molecule has 0 fully saturated rings. The molecule has 0 bridgehead atoms. The summed E-state index contributed by atoms with van der Waals surface area (Å²) in [7, 11) is 0. The van der Waals surface area contributed by atoms with Crippen LogP contribution in [0.5, 0.6) is 5.75 Å². The first-order valence-corrected chi connectivity index (χ1v) is 9.58. The smallest absolute Gasteiger partial charge is 0.258 e. The summed E-state index contributed by atoms with van der Waals surface area (Å²) in [6.45, 7) is 4.07. The minimum Gasteiger partial charge on any atom is -0.487 e. The molecule has 2 heterocycles. The zero-order valence-electron chi connectivity index (χ0n) is 16.8. The lowest BCUT2D eigenvalue weighted by Gasteiger charge is -2.09. The quantitative estimate of drug-likeness (QED) is 0.547. The van der Waals surface area contributed by atoms with Gasteiger partial charge in [0.05, 0.1) is 5.69 Å². The van der Waals surface area contributed by atoms with Gasteiger partial charge in [0.1, 0.15) is 18.0 Å². The van der Waals surface area contributed by atoms with E-state index in [4.69, 9.17) is 4.74 Å². The zero-order chi connectivity index (χ0) is 21.1. The van der Waals surface area contributed by atoms with Crippen molar-refractivity contribution in [3.63, 3.8) is 0 Å². The van der Waals surface area contributed by atoms with Crippen LogP contribution in [-0.2, 0) is 6.61 Å². The van der Waals surface area contributed by atoms with Gasteiger partial charge in [-0.15, -0.1) is 0 Å². The lowest BCUT2D eigenvalue weighted by Crippen LogP contribution is -2.17. The number of rotatable bonds is 5. The number of nitrogens with zero attached hydrogens (tertiary/aromatic N) is 2. The molecule has 6 heteroatoms. The third kappa shape index (κ3) is 4.22. The first-order chi connectivity index (χ1) is 14.5. The van der Waals surface area contributed by atoms with E-state index in [1.54, 1.807) is 42.6 Å². The third-order valence-corrected chi connectivity index (χ3v) is 4.75. The predicted octanol–water partition coefficient (Wildman–Crippen LogP) is 4.14. The number of aromatic nitrogens is 2. The molecule has 0 unspecified atom stereocenters. The van der Waals surface area contributed by atoms with Gasteiger partial charge in [-0.25, -0.2) is 4.98 Å². The highest BCUT2D eigenvalue weighted by Gasteiger charge is 2.07. The standard InChI is InChI=1S/C24H21N3O3/c1-16-5-7-18(8-6-16)24(29)26-19-9-11-21(12-10-19)30-15-20-14-22(28)27-13-3-4-17(2)23(27)25-20/h3-14H,15H2,1-2H3,(H,26,29). The summed E-state index contributed by atoms with van der Waals surface area (Å²) in [5, 5.41) is 2.86. The number of pyridine rings is 1. The Hall–Kier alpha value is -3.93. The Morgan fingerprint density at radius 1 is 1.03 bits per heavy atom. The number of anilines is 1. The number of carbonyl (C=O) groups excluding carboxylic acids is 1. The van der Waals surface area contributed by atoms with Gasteiger partial charge >= 0.3 is 0 Å². The molecule has 150 valence electrons. The van der Waals surface area contributed by atoms with Crippen LogP contribution >= 0.6 is 0 Å². The van der Waals surface area contributed by atoms with Crippen molar-refractivity contribution in [3.8, 4) is 5.75 Å². The van der Waals surface area contributed by atoms with E-state index in [2.05, 4.69) is 10.3 Å². The molecule has 2 aromatic heterocycles. The largest absolute Gasteiger partial charge is 0.487 e. The minimum atomic E-state index is -0.167. The van der Waals surface area contributed by atoms with Crippen LogP contribution in [-0.4, -0.2) is 15.3 Å². The molecule has 0 saturated heterocycles. The second-order valence-electron chi connectivity index (χ2n) is 7.10. The Morgan fingerprint density at radius 2 is 1.77 bits per heavy atom. The molecule has 0 atom stereocenters. The first-order valence-electron chi connectivity index (χ1n) is 9.58. The molecule has 30 heavy (non-hydrogen) atoms. The zero-order valence-corrected chi connectivity index (χ0v) is 16.8. The summed E-state index contributed by atoms with van der Waals surface area (Å²) >= 11 is 0. The van der Waals surface area contributed by atoms with E-state index in [-0.39, 0.29) is 18.1 Å². The summed E-state index contributed by atoms with van der Waals surface area (Å²) in [5.41, 5.74) is 4.34. The molecule has 0 saturated carbocycles. The molecule has 1 N–H and O–H groups in total. The van der Waals surface area contributed by atoms with E-state index in [0.29, 0.717) is 28.3 Å². The number of hydrogen-bond acceptors (Lipinski definition) is 4. The Kier molecular flexibility index (Phi) is 5.30. The van der Waals surface area contributed by atoms with Crippen molar-refractivity contribution in [2.75, 3.05) is 5.32 Å². The molecule has 4 rings (SSSR count). The van der Waals surface area contributed by atoms with E-state index < -0.39 is 0 Å². The summed E-state index contributed by atoms with van der Waals surface area (Å²) in [6.07, 6.45) is 1.70. The summed E-state index contributed by atoms with van der Waals surface area (Å²) < 4.78 is 7.29. The number of fused-ring (bicyclic) bond motifs is 1. The lowest BCUT2D eigenvalue weighted by molar-refractivity contribution is 0.102. The number of nitrogens with one attached hydrogen (secondary N) is 1. The number of hydrogen-bond donors (Lipinski definition) is 1. The Labute approximate surface area is 173 Å². The molecule has 0 spiro atoms. The van der Waals surface area contributed by atoms with Gasteiger partial charge < -0.3 is 10.1 Å². The van der Waals surface area contributed by atoms with E-state index in [1.807, 2.05) is 38.1 Å². The molecule has 1 amide bonds. The van der Waals surface area contributed by atoms with Gasteiger partial charge in [-0.2, -0.15) is 0 Å². The molecule has 6 nitrogen and oxygen atoms in total. The van der Waals surface area contributed by atoms with Crippen LogP contribution in [0.4, 0.5) is 5.69 Å². The van der Waals surface area contributed by atoms with Gasteiger partial charge in [0.25, 0.3) is 11.5 Å². The number of benzene rings is 2. The van der Waals surface area contributed by atoms with Gasteiger partial charge in [-0.3, -0.25) is 14.0 Å². The molecule has 2 aromatic carbocycles. The normalized spacial score (nSPS) is 10.7. The van der Waals surface area contributed by atoms with Crippen LogP contribution in [0, 0.1) is 13.8 Å². The van der Waals surface area contributed by atoms with Gasteiger partial charge in [0, 0.05) is 23.5 Å². The van der Waals surface area contributed by atoms with Crippen molar-refractivity contribution in [1.29, 1.82) is 0 Å². The summed E-state index contributed by atoms with van der Waals surface area (Å²) in [5.74, 6) is 0.454. The average molecular weight is 399 g/mol. The SMILES string of the molecule is Cc1ccc(C(=O)Nc2ccc(OCc3cc(=O)n4cccc(C)c4n3)cc2)cc1. The van der Waals surface area contributed by atoms with E-state index in [0.717, 1.165) is 11.1 Å². The minimum absolute atomic E-state index is 0.142. The monoisotopic (exact) mass is 399 g/mol. The van der Waals surface area contributed by atoms with Crippen LogP contribution in [0.15, 0.2) is 77.7 Å². The molecule has 4 aromatic rings. The van der Waals surface area contributed by atoms with Crippen LogP contribution < -0.4 is 15.6 Å². The number of ether oxygens (including phenoxy) is 1. The topological polar surface area (TPSA) is 72.7 Å². The summed E-state index contributed by atoms with van der Waals surface area (Å²) in [6, 6.07) is 19.7. The van der Waals surface area contributed by atoms with Crippen molar-refractivity contribution in [1.82, 2.24) is 9.38 Å². The highest BCUT2D eigenvalue weighted by molar-refractivity contribution is 6.04. The Morgan fingerprint density at radius 3 is 2.50 bits per heavy atom. The third-order valence-electron chi connectivity index (χ3n) is 4.75. The van der Waals surface area contributed by atoms with E-state index in [9.17, 15) is 9.59 Å². The van der Waals surface area contributed by atoms with Crippen molar-refractivity contribution < 1.29 is 9.53 Å². The number of carbonyl (C=O) groups is 1. The predicted molar refractivity (Wildman–Crippen MR) is 116 cm³/mol. The molecule has 0 aliphatic carbocycles. The van der Waals surface area contributed by atoms with Crippen LogP contribution in [0.1, 0.15) is 27.2 Å². The number of amides is 1. The van der Waals surface area contributed by atoms with Crippen molar-refractivity contribution in [2.45, 2.75) is 20.5 Å². The van der Waals surface area contributed by atoms with Gasteiger partial charge in [0.2, 0.25) is 0 Å². The maximum atomic E-state index is 12.3. The van der Waals surface area contributed by atoms with E-state index in [1.165, 1.54) is 10.5 Å². The highest BCUT2D eigenvalue weighted by Crippen LogP contribution is 2.18. The second-order valence-corrected chi connectivity index (χ2v) is 7.10. The number of aryl methyl sites for hydroxylation is 2. The average Bonchev–Trinajstić information content (AvgIpc) is 2.74. The fraction of sp³-hybridized carbons (Fsp3) is 0.125. The Balaban J connectivity index is 1.42. The van der Waals surface area contributed by atoms with Gasteiger partial charge in [-0.1, -0.05) is 23.8 Å². The lowest BCUT2D eigenvalue weighted by atomic mass is 10.1. The van der Waals surface area contributed by atoms with Crippen molar-refractivity contribution in [3.05, 3.63) is 106 Å². The summed E-state index contributed by atoms with van der Waals surface area (Å²) in [4.78, 5) is 29.1. The van der Waals surface area contributed by atoms with E-state index >= 15 is 0 Å². The van der Waals surface area contributed by atoms with Crippen molar-refractivity contribution in [2.24, 2.45) is 0 Å². The fourth-order valence-corrected chi connectivity index (χ4v) is 3.08. The van der Waals surface area contributed by atoms with Crippen LogP contribution in [0.2, 0.25) is 0 Å². The van der Waals surface area contributed by atoms with Gasteiger partial charge in [-0.05, 0) is 61.9 Å².